The lowest BCUT2D eigenvalue weighted by molar-refractivity contribution is 0.247. The number of hydrogen-bond acceptors (Lipinski definition) is 3. The van der Waals surface area contributed by atoms with Gasteiger partial charge in [0.1, 0.15) is 0 Å². The van der Waals surface area contributed by atoms with Crippen LogP contribution >= 0.6 is 11.3 Å². The maximum atomic E-state index is 2.62. The minimum Gasteiger partial charge on any atom is -0.369 e. The van der Waals surface area contributed by atoms with E-state index in [1.807, 2.05) is 11.3 Å². The van der Waals surface area contributed by atoms with Gasteiger partial charge in [0.15, 0.2) is 0 Å². The quantitative estimate of drug-likeness (QED) is 0.604. The van der Waals surface area contributed by atoms with Crippen molar-refractivity contribution in [2.75, 3.05) is 37.6 Å². The lowest BCUT2D eigenvalue weighted by Crippen LogP contribution is -2.47. The zero-order valence-electron chi connectivity index (χ0n) is 15.3. The Labute approximate surface area is 160 Å². The van der Waals surface area contributed by atoms with E-state index in [2.05, 4.69) is 89.5 Å². The summed E-state index contributed by atoms with van der Waals surface area (Å²) in [6.07, 6.45) is 0. The fourth-order valence-corrected chi connectivity index (χ4v) is 4.74. The van der Waals surface area contributed by atoms with Crippen LogP contribution in [0, 0.1) is 0 Å². The summed E-state index contributed by atoms with van der Waals surface area (Å²) < 4.78 is 0. The van der Waals surface area contributed by atoms with Gasteiger partial charge < -0.3 is 4.90 Å². The van der Waals surface area contributed by atoms with E-state index >= 15 is 0 Å². The zero-order valence-corrected chi connectivity index (χ0v) is 16.2. The maximum absolute atomic E-state index is 2.62. The molecule has 0 aliphatic carbocycles. The molecule has 0 N–H and O–H groups in total. The molecule has 0 spiro atoms. The summed E-state index contributed by atoms with van der Waals surface area (Å²) in [6, 6.07) is 26.1. The van der Waals surface area contributed by atoms with Gasteiger partial charge in [0, 0.05) is 54.1 Å². The SMILES string of the molecule is CC(CN1CCN(c2ccccc2)CC1)c1ccc(-c2ccccc2)s1. The third kappa shape index (κ3) is 4.00. The van der Waals surface area contributed by atoms with Gasteiger partial charge in [-0.25, -0.2) is 0 Å². The maximum Gasteiger partial charge on any atom is 0.0367 e. The number of anilines is 1. The van der Waals surface area contributed by atoms with E-state index in [0.29, 0.717) is 5.92 Å². The molecule has 0 bridgehead atoms. The molecular weight excluding hydrogens is 336 g/mol. The first-order valence-corrected chi connectivity index (χ1v) is 10.3. The number of hydrogen-bond donors (Lipinski definition) is 0. The molecule has 2 aromatic carbocycles. The summed E-state index contributed by atoms with van der Waals surface area (Å²) in [7, 11) is 0. The Morgan fingerprint density at radius 3 is 2.15 bits per heavy atom. The average molecular weight is 363 g/mol. The highest BCUT2D eigenvalue weighted by Gasteiger charge is 2.20. The van der Waals surface area contributed by atoms with E-state index < -0.39 is 0 Å². The number of benzene rings is 2. The van der Waals surface area contributed by atoms with Crippen LogP contribution in [0.15, 0.2) is 72.8 Å². The molecule has 0 amide bonds. The van der Waals surface area contributed by atoms with Gasteiger partial charge in [-0.3, -0.25) is 4.90 Å². The second kappa shape index (κ2) is 8.07. The molecule has 3 heteroatoms. The Balaban J connectivity index is 1.33. The molecule has 1 aliphatic rings. The van der Waals surface area contributed by atoms with Gasteiger partial charge >= 0.3 is 0 Å². The minimum atomic E-state index is 0.584. The Bertz CT molecular complexity index is 804. The third-order valence-corrected chi connectivity index (χ3v) is 6.56. The first-order chi connectivity index (χ1) is 12.8. The van der Waals surface area contributed by atoms with Crippen LogP contribution in [0.1, 0.15) is 17.7 Å². The highest BCUT2D eigenvalue weighted by atomic mass is 32.1. The van der Waals surface area contributed by atoms with Gasteiger partial charge in [-0.1, -0.05) is 55.5 Å². The van der Waals surface area contributed by atoms with Crippen molar-refractivity contribution in [1.82, 2.24) is 4.90 Å². The van der Waals surface area contributed by atoms with E-state index in [1.165, 1.54) is 21.0 Å². The number of nitrogens with zero attached hydrogens (tertiary/aromatic N) is 2. The van der Waals surface area contributed by atoms with Crippen molar-refractivity contribution in [2.24, 2.45) is 0 Å². The van der Waals surface area contributed by atoms with E-state index in [4.69, 9.17) is 0 Å². The van der Waals surface area contributed by atoms with Gasteiger partial charge in [0.2, 0.25) is 0 Å². The van der Waals surface area contributed by atoms with Crippen molar-refractivity contribution in [2.45, 2.75) is 12.8 Å². The van der Waals surface area contributed by atoms with Crippen molar-refractivity contribution in [1.29, 1.82) is 0 Å². The Hall–Kier alpha value is -2.10. The second-order valence-electron chi connectivity index (χ2n) is 7.09. The Morgan fingerprint density at radius 2 is 1.46 bits per heavy atom. The summed E-state index contributed by atoms with van der Waals surface area (Å²) in [5, 5.41) is 0. The standard InChI is InChI=1S/C23H26N2S/c1-19(22-12-13-23(26-22)20-8-4-2-5-9-20)18-24-14-16-25(17-15-24)21-10-6-3-7-11-21/h2-13,19H,14-18H2,1H3. The lowest BCUT2D eigenvalue weighted by atomic mass is 10.1. The van der Waals surface area contributed by atoms with E-state index in [-0.39, 0.29) is 0 Å². The fraction of sp³-hybridized carbons (Fsp3) is 0.304. The van der Waals surface area contributed by atoms with Gasteiger partial charge in [0.25, 0.3) is 0 Å². The summed E-state index contributed by atoms with van der Waals surface area (Å²) in [4.78, 5) is 7.99. The molecule has 0 saturated carbocycles. The predicted molar refractivity (Wildman–Crippen MR) is 113 cm³/mol. The van der Waals surface area contributed by atoms with Crippen LogP contribution in [-0.4, -0.2) is 37.6 Å². The van der Waals surface area contributed by atoms with Crippen molar-refractivity contribution in [3.05, 3.63) is 77.7 Å². The largest absolute Gasteiger partial charge is 0.369 e. The molecule has 1 atom stereocenters. The highest BCUT2D eigenvalue weighted by Crippen LogP contribution is 2.32. The topological polar surface area (TPSA) is 6.48 Å². The Kier molecular flexibility index (Phi) is 5.37. The van der Waals surface area contributed by atoms with Gasteiger partial charge in [-0.15, -0.1) is 11.3 Å². The van der Waals surface area contributed by atoms with Gasteiger partial charge in [-0.2, -0.15) is 0 Å². The summed E-state index contributed by atoms with van der Waals surface area (Å²) in [6.45, 7) is 8.06. The van der Waals surface area contributed by atoms with E-state index in [0.717, 1.165) is 32.7 Å². The summed E-state index contributed by atoms with van der Waals surface area (Å²) in [5.41, 5.74) is 2.68. The van der Waals surface area contributed by atoms with Crippen LogP contribution in [0.3, 0.4) is 0 Å². The molecule has 1 aliphatic heterocycles. The molecular formula is C23H26N2S. The predicted octanol–water partition coefficient (Wildman–Crippen LogP) is 5.34. The normalized spacial score (nSPS) is 16.6. The summed E-state index contributed by atoms with van der Waals surface area (Å²) in [5.74, 6) is 0.584. The molecule has 4 rings (SSSR count). The van der Waals surface area contributed by atoms with Crippen molar-refractivity contribution >= 4 is 17.0 Å². The minimum absolute atomic E-state index is 0.584. The summed E-state index contributed by atoms with van der Waals surface area (Å²) >= 11 is 1.94. The lowest BCUT2D eigenvalue weighted by Gasteiger charge is -2.37. The molecule has 2 nitrogen and oxygen atoms in total. The first kappa shape index (κ1) is 17.3. The molecule has 26 heavy (non-hydrogen) atoms. The molecule has 1 saturated heterocycles. The highest BCUT2D eigenvalue weighted by molar-refractivity contribution is 7.15. The number of thiophene rings is 1. The van der Waals surface area contributed by atoms with Crippen molar-refractivity contribution in [3.63, 3.8) is 0 Å². The van der Waals surface area contributed by atoms with Crippen LogP contribution in [0.2, 0.25) is 0 Å². The van der Waals surface area contributed by atoms with Crippen LogP contribution in [-0.2, 0) is 0 Å². The Morgan fingerprint density at radius 1 is 0.808 bits per heavy atom. The third-order valence-electron chi connectivity index (χ3n) is 5.20. The zero-order chi connectivity index (χ0) is 17.8. The fourth-order valence-electron chi connectivity index (χ4n) is 3.68. The molecule has 1 unspecified atom stereocenters. The molecule has 3 aromatic rings. The van der Waals surface area contributed by atoms with Crippen molar-refractivity contribution < 1.29 is 0 Å². The van der Waals surface area contributed by atoms with Crippen LogP contribution in [0.25, 0.3) is 10.4 Å². The molecule has 2 heterocycles. The van der Waals surface area contributed by atoms with Crippen LogP contribution in [0.5, 0.6) is 0 Å². The molecule has 1 aromatic heterocycles. The van der Waals surface area contributed by atoms with Gasteiger partial charge in [-0.05, 0) is 29.8 Å². The smallest absolute Gasteiger partial charge is 0.0367 e. The molecule has 134 valence electrons. The number of para-hydroxylation sites is 1. The molecule has 0 radical (unpaired) electrons. The first-order valence-electron chi connectivity index (χ1n) is 9.47. The molecule has 1 fully saturated rings. The van der Waals surface area contributed by atoms with Crippen LogP contribution in [0.4, 0.5) is 5.69 Å². The van der Waals surface area contributed by atoms with Crippen molar-refractivity contribution in [3.8, 4) is 10.4 Å². The average Bonchev–Trinajstić information content (AvgIpc) is 3.20. The number of piperazine rings is 1. The van der Waals surface area contributed by atoms with E-state index in [9.17, 15) is 0 Å². The van der Waals surface area contributed by atoms with Gasteiger partial charge in [0.05, 0.1) is 0 Å². The monoisotopic (exact) mass is 362 g/mol. The van der Waals surface area contributed by atoms with Crippen LogP contribution < -0.4 is 4.90 Å². The van der Waals surface area contributed by atoms with E-state index in [1.54, 1.807) is 0 Å². The number of rotatable bonds is 5. The second-order valence-corrected chi connectivity index (χ2v) is 8.21.